The Kier molecular flexibility index (Phi) is 6.64. The van der Waals surface area contributed by atoms with E-state index in [9.17, 15) is 10.1 Å². The van der Waals surface area contributed by atoms with Crippen LogP contribution in [-0.4, -0.2) is 21.4 Å². The lowest BCUT2D eigenvalue weighted by Crippen LogP contribution is -2.11. The summed E-state index contributed by atoms with van der Waals surface area (Å²) in [5, 5.41) is 14.0. The van der Waals surface area contributed by atoms with Crippen LogP contribution in [0.4, 0.5) is 11.5 Å². The molecule has 0 saturated heterocycles. The summed E-state index contributed by atoms with van der Waals surface area (Å²) in [5.41, 5.74) is -0.240. The summed E-state index contributed by atoms with van der Waals surface area (Å²) >= 11 is 5.92. The third kappa shape index (κ3) is 4.92. The van der Waals surface area contributed by atoms with Crippen molar-refractivity contribution in [2.24, 2.45) is 5.92 Å². The van der Waals surface area contributed by atoms with Gasteiger partial charge in [0, 0.05) is 13.0 Å². The number of nitrogens with one attached hydrogen (secondary N) is 1. The highest BCUT2D eigenvalue weighted by molar-refractivity contribution is 6.31. The summed E-state index contributed by atoms with van der Waals surface area (Å²) in [6.45, 7) is 6.81. The van der Waals surface area contributed by atoms with Crippen molar-refractivity contribution in [2.45, 2.75) is 46.5 Å². The Labute approximate surface area is 124 Å². The Bertz CT molecular complexity index is 466. The fraction of sp³-hybridized carbons (Fsp3) is 0.692. The molecule has 0 amide bonds. The molecule has 0 aliphatic rings. The van der Waals surface area contributed by atoms with Gasteiger partial charge in [-0.15, -0.1) is 0 Å². The van der Waals surface area contributed by atoms with Crippen LogP contribution >= 0.6 is 11.6 Å². The molecule has 0 spiro atoms. The number of anilines is 1. The maximum absolute atomic E-state index is 11.1. The van der Waals surface area contributed by atoms with Gasteiger partial charge in [-0.2, -0.15) is 0 Å². The number of halogens is 1. The molecule has 0 aliphatic heterocycles. The van der Waals surface area contributed by atoms with Crippen molar-refractivity contribution in [3.8, 4) is 0 Å². The van der Waals surface area contributed by atoms with Crippen LogP contribution in [0.15, 0.2) is 0 Å². The number of rotatable bonds is 8. The molecule has 20 heavy (non-hydrogen) atoms. The highest BCUT2D eigenvalue weighted by atomic mass is 35.5. The summed E-state index contributed by atoms with van der Waals surface area (Å²) in [6, 6.07) is 0. The monoisotopic (exact) mass is 300 g/mol. The predicted octanol–water partition coefficient (Wildman–Crippen LogP) is 3.84. The average Bonchev–Trinajstić information content (AvgIpc) is 2.32. The molecule has 0 aromatic carbocycles. The second-order valence-corrected chi connectivity index (χ2v) is 5.47. The minimum atomic E-state index is -0.538. The van der Waals surface area contributed by atoms with Crippen LogP contribution in [0.3, 0.4) is 0 Å². The van der Waals surface area contributed by atoms with Crippen molar-refractivity contribution in [1.82, 2.24) is 9.97 Å². The number of nitro groups is 1. The van der Waals surface area contributed by atoms with Gasteiger partial charge in [0.05, 0.1) is 4.92 Å². The highest BCUT2D eigenvalue weighted by Gasteiger charge is 2.23. The molecule has 1 N–H and O–H groups in total. The van der Waals surface area contributed by atoms with Crippen molar-refractivity contribution in [1.29, 1.82) is 0 Å². The van der Waals surface area contributed by atoms with Gasteiger partial charge >= 0.3 is 5.69 Å². The van der Waals surface area contributed by atoms with Gasteiger partial charge in [0.15, 0.2) is 0 Å². The van der Waals surface area contributed by atoms with E-state index >= 15 is 0 Å². The second kappa shape index (κ2) is 7.99. The van der Waals surface area contributed by atoms with Gasteiger partial charge in [-0.25, -0.2) is 9.97 Å². The van der Waals surface area contributed by atoms with Gasteiger partial charge in [-0.05, 0) is 12.3 Å². The fourth-order valence-electron chi connectivity index (χ4n) is 1.79. The van der Waals surface area contributed by atoms with Gasteiger partial charge < -0.3 is 5.32 Å². The van der Waals surface area contributed by atoms with Gasteiger partial charge in [0.25, 0.3) is 0 Å². The third-order valence-electron chi connectivity index (χ3n) is 2.73. The molecular formula is C13H21ClN4O2. The molecule has 0 bridgehead atoms. The van der Waals surface area contributed by atoms with Crippen LogP contribution in [0.5, 0.6) is 0 Å². The number of hydrogen-bond acceptors (Lipinski definition) is 5. The lowest BCUT2D eigenvalue weighted by Gasteiger charge is -2.09. The number of nitrogens with zero attached hydrogens (tertiary/aromatic N) is 3. The number of unbranched alkanes of at least 4 members (excludes halogenated alkanes) is 2. The van der Waals surface area contributed by atoms with Gasteiger partial charge in [0.2, 0.25) is 11.0 Å². The van der Waals surface area contributed by atoms with Crippen molar-refractivity contribution in [3.63, 3.8) is 0 Å². The molecule has 0 unspecified atom stereocenters. The van der Waals surface area contributed by atoms with Crippen LogP contribution in [0.25, 0.3) is 0 Å². The lowest BCUT2D eigenvalue weighted by atomic mass is 10.1. The van der Waals surface area contributed by atoms with Gasteiger partial charge in [0.1, 0.15) is 5.82 Å². The smallest absolute Gasteiger partial charge is 0.348 e. The van der Waals surface area contributed by atoms with Gasteiger partial charge in [-0.1, -0.05) is 45.2 Å². The zero-order chi connectivity index (χ0) is 15.1. The molecule has 0 fully saturated rings. The summed E-state index contributed by atoms with van der Waals surface area (Å²) in [4.78, 5) is 18.8. The summed E-state index contributed by atoms with van der Waals surface area (Å²) in [6.07, 6.45) is 3.74. The first kappa shape index (κ1) is 16.6. The molecule has 6 nitrogen and oxygen atoms in total. The maximum atomic E-state index is 11.1. The lowest BCUT2D eigenvalue weighted by molar-refractivity contribution is -0.384. The van der Waals surface area contributed by atoms with Crippen LogP contribution < -0.4 is 5.32 Å². The summed E-state index contributed by atoms with van der Waals surface area (Å²) < 4.78 is 0. The van der Waals surface area contributed by atoms with E-state index in [-0.39, 0.29) is 16.7 Å². The normalized spacial score (nSPS) is 10.8. The third-order valence-corrected chi connectivity index (χ3v) is 3.00. The molecule has 112 valence electrons. The molecule has 7 heteroatoms. The quantitative estimate of drug-likeness (QED) is 0.341. The van der Waals surface area contributed by atoms with Crippen molar-refractivity contribution in [3.05, 3.63) is 21.1 Å². The second-order valence-electron chi connectivity index (χ2n) is 5.12. The SMILES string of the molecule is CCCCCNc1nc(CC(C)C)nc(Cl)c1[N+](=O)[O-]. The highest BCUT2D eigenvalue weighted by Crippen LogP contribution is 2.30. The largest absolute Gasteiger partial charge is 0.364 e. The van der Waals surface area contributed by atoms with Gasteiger partial charge in [-0.3, -0.25) is 10.1 Å². The minimum absolute atomic E-state index is 0.0985. The molecule has 0 atom stereocenters. The van der Waals surface area contributed by atoms with E-state index in [1.165, 1.54) is 0 Å². The molecule has 1 aromatic heterocycles. The van der Waals surface area contributed by atoms with Crippen molar-refractivity contribution < 1.29 is 4.92 Å². The first-order chi connectivity index (χ1) is 9.45. The predicted molar refractivity (Wildman–Crippen MR) is 80.3 cm³/mol. The van der Waals surface area contributed by atoms with E-state index in [1.807, 2.05) is 13.8 Å². The Morgan fingerprint density at radius 2 is 2.05 bits per heavy atom. The molecule has 1 aromatic rings. The standard InChI is InChI=1S/C13H21ClN4O2/c1-4-5-6-7-15-13-11(18(19)20)12(14)16-10(17-13)8-9(2)3/h9H,4-8H2,1-3H3,(H,15,16,17). The first-order valence-corrected chi connectivity index (χ1v) is 7.28. The van der Waals surface area contributed by atoms with E-state index in [0.717, 1.165) is 19.3 Å². The van der Waals surface area contributed by atoms with E-state index in [0.29, 0.717) is 24.7 Å². The van der Waals surface area contributed by atoms with E-state index in [2.05, 4.69) is 22.2 Å². The van der Waals surface area contributed by atoms with Crippen molar-refractivity contribution >= 4 is 23.1 Å². The molecule has 0 saturated carbocycles. The Morgan fingerprint density at radius 3 is 2.60 bits per heavy atom. The van der Waals surface area contributed by atoms with E-state index < -0.39 is 4.92 Å². The van der Waals surface area contributed by atoms with E-state index in [1.54, 1.807) is 0 Å². The fourth-order valence-corrected chi connectivity index (χ4v) is 2.05. The zero-order valence-electron chi connectivity index (χ0n) is 12.1. The van der Waals surface area contributed by atoms with E-state index in [4.69, 9.17) is 11.6 Å². The Balaban J connectivity index is 2.96. The van der Waals surface area contributed by atoms with Crippen molar-refractivity contribution in [2.75, 3.05) is 11.9 Å². The molecule has 0 radical (unpaired) electrons. The molecule has 1 heterocycles. The number of aromatic nitrogens is 2. The first-order valence-electron chi connectivity index (χ1n) is 6.90. The van der Waals surface area contributed by atoms with Crippen LogP contribution in [0.2, 0.25) is 5.15 Å². The topological polar surface area (TPSA) is 81.0 Å². The number of hydrogen-bond donors (Lipinski definition) is 1. The minimum Gasteiger partial charge on any atom is -0.364 e. The van der Waals surface area contributed by atoms with Crippen LogP contribution in [0.1, 0.15) is 45.9 Å². The average molecular weight is 301 g/mol. The molecular weight excluding hydrogens is 280 g/mol. The Morgan fingerprint density at radius 1 is 1.35 bits per heavy atom. The van der Waals surface area contributed by atoms with Crippen LogP contribution in [-0.2, 0) is 6.42 Å². The summed E-state index contributed by atoms with van der Waals surface area (Å²) in [5.74, 6) is 1.12. The molecule has 0 aliphatic carbocycles. The Hall–Kier alpha value is -1.43. The van der Waals surface area contributed by atoms with Crippen LogP contribution in [0, 0.1) is 16.0 Å². The summed E-state index contributed by atoms with van der Waals surface area (Å²) in [7, 11) is 0. The molecule has 1 rings (SSSR count). The maximum Gasteiger partial charge on any atom is 0.348 e. The zero-order valence-corrected chi connectivity index (χ0v) is 12.9.